The molecule has 2 N–H and O–H groups in total. The Bertz CT molecular complexity index is 1170. The summed E-state index contributed by atoms with van der Waals surface area (Å²) in [4.78, 5) is 14.6. The van der Waals surface area contributed by atoms with E-state index in [0.29, 0.717) is 18.5 Å². The van der Waals surface area contributed by atoms with Gasteiger partial charge in [0.2, 0.25) is 0 Å². The molecule has 0 fully saturated rings. The van der Waals surface area contributed by atoms with Crippen LogP contribution in [0.1, 0.15) is 32.7 Å². The molecule has 146 valence electrons. The Labute approximate surface area is 169 Å². The van der Waals surface area contributed by atoms with E-state index in [1.54, 1.807) is 24.1 Å². The molecule has 0 spiro atoms. The lowest BCUT2D eigenvalue weighted by Crippen LogP contribution is -2.26. The van der Waals surface area contributed by atoms with Crippen molar-refractivity contribution in [3.05, 3.63) is 94.7 Å². The first-order chi connectivity index (χ1) is 14.0. The smallest absolute Gasteiger partial charge is 0.257 e. The van der Waals surface area contributed by atoms with E-state index in [-0.39, 0.29) is 17.2 Å². The number of aromatic hydroxyl groups is 1. The van der Waals surface area contributed by atoms with E-state index in [9.17, 15) is 9.90 Å². The Morgan fingerprint density at radius 3 is 2.55 bits per heavy atom. The standard InChI is InChI=1S/C24H23N3O2/c1-16-7-6-10-18(11-16)12-21-19-13-20(23(28)14-22(19)26-25-21)24(29)27(2)15-17-8-4-3-5-9-17/h3-11,13-14,28H,12,15H2,1-2H3,(H,25,26). The number of benzene rings is 3. The molecule has 5 nitrogen and oxygen atoms in total. The van der Waals surface area contributed by atoms with Crippen molar-refractivity contribution in [2.75, 3.05) is 7.05 Å². The van der Waals surface area contributed by atoms with Crippen molar-refractivity contribution in [1.29, 1.82) is 0 Å². The Morgan fingerprint density at radius 1 is 1.03 bits per heavy atom. The lowest BCUT2D eigenvalue weighted by Gasteiger charge is -2.18. The number of carbonyl (C=O) groups excluding carboxylic acids is 1. The van der Waals surface area contributed by atoms with Crippen LogP contribution in [0.3, 0.4) is 0 Å². The van der Waals surface area contributed by atoms with Gasteiger partial charge in [0.05, 0.1) is 16.8 Å². The van der Waals surface area contributed by atoms with Gasteiger partial charge in [0.25, 0.3) is 5.91 Å². The van der Waals surface area contributed by atoms with Crippen LogP contribution >= 0.6 is 0 Å². The molecule has 29 heavy (non-hydrogen) atoms. The van der Waals surface area contributed by atoms with Gasteiger partial charge in [-0.3, -0.25) is 9.89 Å². The maximum Gasteiger partial charge on any atom is 0.257 e. The molecule has 1 aromatic heterocycles. The molecule has 0 saturated carbocycles. The number of H-pyrrole nitrogens is 1. The summed E-state index contributed by atoms with van der Waals surface area (Å²) in [5, 5.41) is 18.7. The van der Waals surface area contributed by atoms with Crippen molar-refractivity contribution in [2.24, 2.45) is 0 Å². The van der Waals surface area contributed by atoms with Crippen molar-refractivity contribution in [2.45, 2.75) is 19.9 Å². The summed E-state index contributed by atoms with van der Waals surface area (Å²) < 4.78 is 0. The number of hydrogen-bond acceptors (Lipinski definition) is 3. The maximum absolute atomic E-state index is 13.0. The van der Waals surface area contributed by atoms with Crippen molar-refractivity contribution in [1.82, 2.24) is 15.1 Å². The Hall–Kier alpha value is -3.60. The molecule has 0 unspecified atom stereocenters. The fourth-order valence-corrected chi connectivity index (χ4v) is 3.56. The number of aromatic nitrogens is 2. The summed E-state index contributed by atoms with van der Waals surface area (Å²) in [5.41, 5.74) is 5.23. The normalized spacial score (nSPS) is 11.0. The Morgan fingerprint density at radius 2 is 1.79 bits per heavy atom. The number of phenols is 1. The number of nitrogens with one attached hydrogen (secondary N) is 1. The van der Waals surface area contributed by atoms with Gasteiger partial charge in [0, 0.05) is 31.5 Å². The minimum atomic E-state index is -0.226. The van der Waals surface area contributed by atoms with Gasteiger partial charge in [-0.1, -0.05) is 60.2 Å². The van der Waals surface area contributed by atoms with Crippen LogP contribution in [0.2, 0.25) is 0 Å². The number of aromatic amines is 1. The molecule has 0 saturated heterocycles. The third kappa shape index (κ3) is 3.99. The van der Waals surface area contributed by atoms with Crippen LogP contribution in [0.5, 0.6) is 5.75 Å². The van der Waals surface area contributed by atoms with E-state index in [2.05, 4.69) is 35.3 Å². The first-order valence-corrected chi connectivity index (χ1v) is 9.56. The van der Waals surface area contributed by atoms with E-state index < -0.39 is 0 Å². The Kier molecular flexibility index (Phi) is 5.04. The van der Waals surface area contributed by atoms with Crippen LogP contribution in [-0.2, 0) is 13.0 Å². The number of hydrogen-bond donors (Lipinski definition) is 2. The van der Waals surface area contributed by atoms with Gasteiger partial charge in [-0.15, -0.1) is 0 Å². The highest BCUT2D eigenvalue weighted by molar-refractivity contribution is 6.01. The lowest BCUT2D eigenvalue weighted by atomic mass is 10.0. The highest BCUT2D eigenvalue weighted by Gasteiger charge is 2.19. The molecule has 0 radical (unpaired) electrons. The summed E-state index contributed by atoms with van der Waals surface area (Å²) in [6, 6.07) is 21.4. The zero-order valence-electron chi connectivity index (χ0n) is 16.5. The van der Waals surface area contributed by atoms with Crippen LogP contribution in [0.15, 0.2) is 66.7 Å². The van der Waals surface area contributed by atoms with Crippen molar-refractivity contribution in [3.8, 4) is 5.75 Å². The van der Waals surface area contributed by atoms with E-state index in [0.717, 1.165) is 22.2 Å². The third-order valence-electron chi connectivity index (χ3n) is 5.05. The summed E-state index contributed by atoms with van der Waals surface area (Å²) in [6.07, 6.45) is 0.653. The molecule has 4 aromatic rings. The van der Waals surface area contributed by atoms with Gasteiger partial charge in [-0.05, 0) is 24.1 Å². The number of carbonyl (C=O) groups is 1. The summed E-state index contributed by atoms with van der Waals surface area (Å²) in [7, 11) is 1.74. The molecule has 0 aliphatic heterocycles. The van der Waals surface area contributed by atoms with E-state index in [1.165, 1.54) is 5.56 Å². The zero-order valence-corrected chi connectivity index (χ0v) is 16.5. The Balaban J connectivity index is 1.64. The molecule has 1 heterocycles. The number of fused-ring (bicyclic) bond motifs is 1. The molecule has 0 aliphatic carbocycles. The highest BCUT2D eigenvalue weighted by atomic mass is 16.3. The zero-order chi connectivity index (χ0) is 20.4. The summed E-state index contributed by atoms with van der Waals surface area (Å²) in [6.45, 7) is 2.53. The minimum absolute atomic E-state index is 0.0480. The molecule has 0 atom stereocenters. The predicted octanol–water partition coefficient (Wildman–Crippen LogP) is 4.44. The topological polar surface area (TPSA) is 69.2 Å². The highest BCUT2D eigenvalue weighted by Crippen LogP contribution is 2.28. The predicted molar refractivity (Wildman–Crippen MR) is 114 cm³/mol. The van der Waals surface area contributed by atoms with Gasteiger partial charge in [-0.25, -0.2) is 0 Å². The van der Waals surface area contributed by atoms with Crippen molar-refractivity contribution in [3.63, 3.8) is 0 Å². The van der Waals surface area contributed by atoms with Crippen LogP contribution < -0.4 is 0 Å². The maximum atomic E-state index is 13.0. The average molecular weight is 385 g/mol. The fraction of sp³-hybridized carbons (Fsp3) is 0.167. The summed E-state index contributed by atoms with van der Waals surface area (Å²) >= 11 is 0. The molecule has 1 amide bonds. The fourth-order valence-electron chi connectivity index (χ4n) is 3.56. The second-order valence-electron chi connectivity index (χ2n) is 7.40. The number of aryl methyl sites for hydroxylation is 1. The molecular formula is C24H23N3O2. The van der Waals surface area contributed by atoms with Gasteiger partial charge in [0.15, 0.2) is 0 Å². The number of rotatable bonds is 5. The minimum Gasteiger partial charge on any atom is -0.507 e. The van der Waals surface area contributed by atoms with Crippen LogP contribution in [-0.4, -0.2) is 33.2 Å². The van der Waals surface area contributed by atoms with Crippen LogP contribution in [0, 0.1) is 6.92 Å². The van der Waals surface area contributed by atoms with Gasteiger partial charge < -0.3 is 10.0 Å². The molecule has 0 bridgehead atoms. The molecule has 5 heteroatoms. The van der Waals surface area contributed by atoms with Gasteiger partial charge in [-0.2, -0.15) is 5.10 Å². The van der Waals surface area contributed by atoms with Gasteiger partial charge >= 0.3 is 0 Å². The second-order valence-corrected chi connectivity index (χ2v) is 7.40. The number of amides is 1. The van der Waals surface area contributed by atoms with Crippen LogP contribution in [0.4, 0.5) is 0 Å². The third-order valence-corrected chi connectivity index (χ3v) is 5.05. The number of phenolic OH excluding ortho intramolecular Hbond substituents is 1. The van der Waals surface area contributed by atoms with E-state index in [1.807, 2.05) is 36.4 Å². The van der Waals surface area contributed by atoms with Crippen molar-refractivity contribution >= 4 is 16.8 Å². The largest absolute Gasteiger partial charge is 0.507 e. The van der Waals surface area contributed by atoms with Crippen LogP contribution in [0.25, 0.3) is 10.9 Å². The molecule has 0 aliphatic rings. The molecule has 3 aromatic carbocycles. The summed E-state index contributed by atoms with van der Waals surface area (Å²) in [5.74, 6) is -0.274. The SMILES string of the molecule is Cc1cccc(Cc2n[nH]c3cc(O)c(C(=O)N(C)Cc4ccccc4)cc23)c1. The van der Waals surface area contributed by atoms with E-state index in [4.69, 9.17) is 0 Å². The molecular weight excluding hydrogens is 362 g/mol. The van der Waals surface area contributed by atoms with Crippen molar-refractivity contribution < 1.29 is 9.90 Å². The quantitative estimate of drug-likeness (QED) is 0.534. The van der Waals surface area contributed by atoms with E-state index >= 15 is 0 Å². The second kappa shape index (κ2) is 7.80. The first-order valence-electron chi connectivity index (χ1n) is 9.56. The lowest BCUT2D eigenvalue weighted by molar-refractivity contribution is 0.0782. The first kappa shape index (κ1) is 18.7. The number of nitrogens with zero attached hydrogens (tertiary/aromatic N) is 2. The average Bonchev–Trinajstić information content (AvgIpc) is 3.09. The van der Waals surface area contributed by atoms with Gasteiger partial charge in [0.1, 0.15) is 5.75 Å². The monoisotopic (exact) mass is 385 g/mol. The molecule has 4 rings (SSSR count).